The Morgan fingerprint density at radius 3 is 2.53 bits per heavy atom. The SMILES string of the molecule is O=C(c1cc(-c2ccccc2)c(=O)n2c1-c1cc(Cl)ccc1CN2)N1CCOCC1. The fourth-order valence-electron chi connectivity index (χ4n) is 4.05. The van der Waals surface area contributed by atoms with Crippen molar-refractivity contribution in [2.45, 2.75) is 6.54 Å². The third kappa shape index (κ3) is 3.18. The summed E-state index contributed by atoms with van der Waals surface area (Å²) in [6.45, 7) is 2.53. The fraction of sp³-hybridized carbons (Fsp3) is 0.217. The monoisotopic (exact) mass is 421 g/mol. The van der Waals surface area contributed by atoms with Crippen LogP contribution in [0.15, 0.2) is 59.4 Å². The van der Waals surface area contributed by atoms with Gasteiger partial charge >= 0.3 is 0 Å². The number of aromatic nitrogens is 1. The first-order chi connectivity index (χ1) is 14.6. The Kier molecular flexibility index (Phi) is 4.81. The van der Waals surface area contributed by atoms with Gasteiger partial charge in [-0.2, -0.15) is 0 Å². The van der Waals surface area contributed by atoms with Gasteiger partial charge in [-0.25, -0.2) is 4.68 Å². The van der Waals surface area contributed by atoms with Crippen LogP contribution in [0.3, 0.4) is 0 Å². The zero-order valence-corrected chi connectivity index (χ0v) is 17.0. The van der Waals surface area contributed by atoms with Crippen LogP contribution in [0, 0.1) is 0 Å². The van der Waals surface area contributed by atoms with E-state index in [4.69, 9.17) is 16.3 Å². The van der Waals surface area contributed by atoms with Crippen LogP contribution >= 0.6 is 11.6 Å². The molecule has 1 N–H and O–H groups in total. The van der Waals surface area contributed by atoms with Crippen molar-refractivity contribution in [1.82, 2.24) is 9.58 Å². The minimum atomic E-state index is -0.194. The van der Waals surface area contributed by atoms with Crippen LogP contribution in [0.5, 0.6) is 0 Å². The van der Waals surface area contributed by atoms with Crippen LogP contribution in [0.25, 0.3) is 22.4 Å². The predicted molar refractivity (Wildman–Crippen MR) is 116 cm³/mol. The standard InChI is InChI=1S/C23H20ClN3O3/c24-17-7-6-16-14-25-27-21(18(16)12-17)20(22(28)26-8-10-30-11-9-26)13-19(23(27)29)15-4-2-1-3-5-15/h1-7,12-13,25H,8-11,14H2. The maximum absolute atomic E-state index is 13.6. The van der Waals surface area contributed by atoms with Gasteiger partial charge in [-0.3, -0.25) is 9.59 Å². The molecule has 0 atom stereocenters. The fourth-order valence-corrected chi connectivity index (χ4v) is 4.22. The van der Waals surface area contributed by atoms with Gasteiger partial charge in [-0.15, -0.1) is 0 Å². The minimum Gasteiger partial charge on any atom is -0.378 e. The minimum absolute atomic E-state index is 0.117. The Morgan fingerprint density at radius 1 is 1.00 bits per heavy atom. The van der Waals surface area contributed by atoms with Crippen LogP contribution in [0.1, 0.15) is 15.9 Å². The molecule has 2 aromatic carbocycles. The Bertz CT molecular complexity index is 1180. The van der Waals surface area contributed by atoms with Crippen molar-refractivity contribution in [2.24, 2.45) is 0 Å². The Labute approximate surface area is 178 Å². The molecule has 7 heteroatoms. The molecule has 0 spiro atoms. The molecule has 152 valence electrons. The number of carbonyl (C=O) groups excluding carboxylic acids is 1. The lowest BCUT2D eigenvalue weighted by Gasteiger charge is -2.30. The number of ether oxygens (including phenoxy) is 1. The number of halogens is 1. The summed E-state index contributed by atoms with van der Waals surface area (Å²) in [5, 5.41) is 0.562. The average molecular weight is 422 g/mol. The van der Waals surface area contributed by atoms with Gasteiger partial charge in [0.15, 0.2) is 0 Å². The molecular weight excluding hydrogens is 402 g/mol. The Hall–Kier alpha value is -3.09. The number of carbonyl (C=O) groups is 1. The number of hydrogen-bond acceptors (Lipinski definition) is 4. The number of fused-ring (bicyclic) bond motifs is 3. The third-order valence-corrected chi connectivity index (χ3v) is 5.80. The first-order valence-electron chi connectivity index (χ1n) is 9.88. The number of nitrogens with zero attached hydrogens (tertiary/aromatic N) is 2. The number of morpholine rings is 1. The molecule has 5 rings (SSSR count). The molecule has 0 unspecified atom stereocenters. The van der Waals surface area contributed by atoms with E-state index in [-0.39, 0.29) is 11.5 Å². The molecule has 0 saturated carbocycles. The predicted octanol–water partition coefficient (Wildman–Crippen LogP) is 3.37. The number of rotatable bonds is 2. The molecular formula is C23H20ClN3O3. The maximum Gasteiger partial charge on any atom is 0.277 e. The molecule has 2 aliphatic rings. The van der Waals surface area contributed by atoms with Gasteiger partial charge in [0, 0.05) is 29.2 Å². The number of amides is 1. The van der Waals surface area contributed by atoms with Crippen LogP contribution < -0.4 is 11.0 Å². The van der Waals surface area contributed by atoms with Crippen molar-refractivity contribution >= 4 is 17.5 Å². The van der Waals surface area contributed by atoms with Crippen LogP contribution in [-0.4, -0.2) is 41.8 Å². The van der Waals surface area contributed by atoms with Crippen molar-refractivity contribution in [3.8, 4) is 22.4 Å². The summed E-state index contributed by atoms with van der Waals surface area (Å²) >= 11 is 6.27. The Balaban J connectivity index is 1.77. The van der Waals surface area contributed by atoms with E-state index < -0.39 is 0 Å². The molecule has 1 amide bonds. The lowest BCUT2D eigenvalue weighted by molar-refractivity contribution is 0.0303. The smallest absolute Gasteiger partial charge is 0.277 e. The molecule has 3 heterocycles. The maximum atomic E-state index is 13.6. The van der Waals surface area contributed by atoms with E-state index >= 15 is 0 Å². The van der Waals surface area contributed by atoms with Gasteiger partial charge in [-0.05, 0) is 29.3 Å². The van der Waals surface area contributed by atoms with Gasteiger partial charge in [-0.1, -0.05) is 48.0 Å². The van der Waals surface area contributed by atoms with E-state index in [0.717, 1.165) is 16.7 Å². The lowest BCUT2D eigenvalue weighted by atomic mass is 9.95. The van der Waals surface area contributed by atoms with Crippen molar-refractivity contribution in [3.05, 3.63) is 81.1 Å². The number of nitrogens with one attached hydrogen (secondary N) is 1. The van der Waals surface area contributed by atoms with Gasteiger partial charge in [0.2, 0.25) is 0 Å². The van der Waals surface area contributed by atoms with Crippen molar-refractivity contribution < 1.29 is 9.53 Å². The number of pyridine rings is 1. The molecule has 1 saturated heterocycles. The molecule has 6 nitrogen and oxygen atoms in total. The van der Waals surface area contributed by atoms with Crippen LogP contribution in [-0.2, 0) is 11.3 Å². The topological polar surface area (TPSA) is 63.6 Å². The highest BCUT2D eigenvalue weighted by Crippen LogP contribution is 2.34. The molecule has 1 fully saturated rings. The van der Waals surface area contributed by atoms with Crippen LogP contribution in [0.2, 0.25) is 5.02 Å². The van der Waals surface area contributed by atoms with Gasteiger partial charge in [0.25, 0.3) is 11.5 Å². The largest absolute Gasteiger partial charge is 0.378 e. The summed E-state index contributed by atoms with van der Waals surface area (Å²) < 4.78 is 6.90. The zero-order chi connectivity index (χ0) is 20.7. The number of benzene rings is 2. The summed E-state index contributed by atoms with van der Waals surface area (Å²) in [5.41, 5.74) is 7.06. The van der Waals surface area contributed by atoms with E-state index in [0.29, 0.717) is 54.7 Å². The second kappa shape index (κ2) is 7.63. The van der Waals surface area contributed by atoms with Gasteiger partial charge in [0.1, 0.15) is 0 Å². The van der Waals surface area contributed by atoms with E-state index in [1.54, 1.807) is 11.0 Å². The first kappa shape index (κ1) is 18.9. The molecule has 0 radical (unpaired) electrons. The second-order valence-electron chi connectivity index (χ2n) is 7.37. The summed E-state index contributed by atoms with van der Waals surface area (Å²) in [7, 11) is 0. The Morgan fingerprint density at radius 2 is 1.77 bits per heavy atom. The summed E-state index contributed by atoms with van der Waals surface area (Å²) in [6.07, 6.45) is 0. The molecule has 0 bridgehead atoms. The van der Waals surface area contributed by atoms with Crippen molar-refractivity contribution in [3.63, 3.8) is 0 Å². The van der Waals surface area contributed by atoms with E-state index in [1.165, 1.54) is 4.68 Å². The van der Waals surface area contributed by atoms with E-state index in [2.05, 4.69) is 5.43 Å². The van der Waals surface area contributed by atoms with Crippen molar-refractivity contribution in [1.29, 1.82) is 0 Å². The summed E-state index contributed by atoms with van der Waals surface area (Å²) in [4.78, 5) is 28.7. The van der Waals surface area contributed by atoms with Gasteiger partial charge in [0.05, 0.1) is 31.0 Å². The third-order valence-electron chi connectivity index (χ3n) is 5.57. The quantitative estimate of drug-likeness (QED) is 0.689. The zero-order valence-electron chi connectivity index (χ0n) is 16.2. The lowest BCUT2D eigenvalue weighted by Crippen LogP contribution is -2.42. The summed E-state index contributed by atoms with van der Waals surface area (Å²) in [5.74, 6) is -0.117. The molecule has 3 aromatic rings. The average Bonchev–Trinajstić information content (AvgIpc) is 2.80. The highest BCUT2D eigenvalue weighted by Gasteiger charge is 2.29. The van der Waals surface area contributed by atoms with E-state index in [1.807, 2.05) is 48.5 Å². The molecule has 1 aromatic heterocycles. The summed E-state index contributed by atoms with van der Waals surface area (Å²) in [6, 6.07) is 16.7. The molecule has 30 heavy (non-hydrogen) atoms. The highest BCUT2D eigenvalue weighted by atomic mass is 35.5. The normalized spacial score (nSPS) is 15.2. The van der Waals surface area contributed by atoms with Crippen LogP contribution in [0.4, 0.5) is 0 Å². The van der Waals surface area contributed by atoms with Crippen molar-refractivity contribution in [2.75, 3.05) is 31.7 Å². The highest BCUT2D eigenvalue weighted by molar-refractivity contribution is 6.31. The van der Waals surface area contributed by atoms with Gasteiger partial charge < -0.3 is 15.1 Å². The second-order valence-corrected chi connectivity index (χ2v) is 7.80. The first-order valence-corrected chi connectivity index (χ1v) is 10.3. The van der Waals surface area contributed by atoms with E-state index in [9.17, 15) is 9.59 Å². The molecule has 2 aliphatic heterocycles. The molecule has 0 aliphatic carbocycles. The number of hydrogen-bond donors (Lipinski definition) is 1.